The molecule has 2 atom stereocenters. The van der Waals surface area contributed by atoms with Crippen molar-refractivity contribution in [2.24, 2.45) is 5.73 Å². The van der Waals surface area contributed by atoms with Gasteiger partial charge in [0.1, 0.15) is 5.75 Å². The molecule has 0 amide bonds. The van der Waals surface area contributed by atoms with Gasteiger partial charge in [0, 0.05) is 17.5 Å². The molecule has 2 unspecified atom stereocenters. The van der Waals surface area contributed by atoms with E-state index in [9.17, 15) is 0 Å². The number of nitrogens with two attached hydrogens (primary N) is 1. The number of hydrogen-bond donors (Lipinski definition) is 1. The maximum atomic E-state index is 6.48. The molecule has 3 rings (SSSR count). The smallest absolute Gasteiger partial charge is 0.123 e. The van der Waals surface area contributed by atoms with E-state index in [1.165, 1.54) is 16.7 Å². The molecule has 2 aromatic carbocycles. The molecule has 2 heteroatoms. The van der Waals surface area contributed by atoms with Crippen molar-refractivity contribution in [3.63, 3.8) is 0 Å². The Kier molecular flexibility index (Phi) is 3.03. The van der Waals surface area contributed by atoms with E-state index in [0.29, 0.717) is 5.92 Å². The van der Waals surface area contributed by atoms with Crippen LogP contribution in [0.15, 0.2) is 42.5 Å². The highest BCUT2D eigenvalue weighted by Gasteiger charge is 2.32. The minimum atomic E-state index is 0.00440. The molecule has 0 aliphatic heterocycles. The van der Waals surface area contributed by atoms with Crippen molar-refractivity contribution in [1.82, 2.24) is 0 Å². The number of hydrogen-bond acceptors (Lipinski definition) is 2. The predicted molar refractivity (Wildman–Crippen MR) is 77.5 cm³/mol. The fraction of sp³-hybridized carbons (Fsp3) is 0.294. The van der Waals surface area contributed by atoms with Gasteiger partial charge in [-0.15, -0.1) is 0 Å². The Balaban J connectivity index is 1.94. The lowest BCUT2D eigenvalue weighted by Crippen LogP contribution is -2.29. The van der Waals surface area contributed by atoms with Gasteiger partial charge in [0.25, 0.3) is 0 Å². The number of fused-ring (bicyclic) bond motifs is 1. The minimum Gasteiger partial charge on any atom is -0.496 e. The quantitative estimate of drug-likeness (QED) is 0.910. The zero-order chi connectivity index (χ0) is 13.4. The lowest BCUT2D eigenvalue weighted by molar-refractivity contribution is 0.396. The lowest BCUT2D eigenvalue weighted by atomic mass is 9.72. The first-order valence-electron chi connectivity index (χ1n) is 6.68. The Morgan fingerprint density at radius 2 is 2.00 bits per heavy atom. The van der Waals surface area contributed by atoms with Gasteiger partial charge < -0.3 is 10.5 Å². The first kappa shape index (κ1) is 12.2. The third-order valence-electron chi connectivity index (χ3n) is 4.07. The van der Waals surface area contributed by atoms with E-state index in [4.69, 9.17) is 10.5 Å². The second kappa shape index (κ2) is 4.71. The van der Waals surface area contributed by atoms with Crippen molar-refractivity contribution in [3.8, 4) is 5.75 Å². The SMILES string of the molecule is COc1ccc(C)cc1C(N)C1Cc2ccccc21. The second-order valence-corrected chi connectivity index (χ2v) is 5.28. The van der Waals surface area contributed by atoms with E-state index < -0.39 is 0 Å². The van der Waals surface area contributed by atoms with Gasteiger partial charge in [-0.1, -0.05) is 42.0 Å². The molecule has 98 valence electrons. The summed E-state index contributed by atoms with van der Waals surface area (Å²) >= 11 is 0. The average molecular weight is 253 g/mol. The van der Waals surface area contributed by atoms with Crippen LogP contribution in [0.4, 0.5) is 0 Å². The Labute approximate surface area is 114 Å². The third kappa shape index (κ3) is 2.02. The summed E-state index contributed by atoms with van der Waals surface area (Å²) in [5.74, 6) is 1.30. The topological polar surface area (TPSA) is 35.2 Å². The molecule has 1 aliphatic rings. The van der Waals surface area contributed by atoms with Gasteiger partial charge in [-0.25, -0.2) is 0 Å². The summed E-state index contributed by atoms with van der Waals surface area (Å²) in [6.45, 7) is 2.09. The van der Waals surface area contributed by atoms with Crippen LogP contribution >= 0.6 is 0 Å². The van der Waals surface area contributed by atoms with Gasteiger partial charge >= 0.3 is 0 Å². The molecule has 2 nitrogen and oxygen atoms in total. The zero-order valence-electron chi connectivity index (χ0n) is 11.4. The summed E-state index contributed by atoms with van der Waals surface area (Å²) in [4.78, 5) is 0. The van der Waals surface area contributed by atoms with E-state index in [-0.39, 0.29) is 6.04 Å². The van der Waals surface area contributed by atoms with Crippen molar-refractivity contribution in [3.05, 3.63) is 64.7 Å². The Morgan fingerprint density at radius 1 is 1.21 bits per heavy atom. The van der Waals surface area contributed by atoms with Gasteiger partial charge in [-0.2, -0.15) is 0 Å². The first-order chi connectivity index (χ1) is 9.20. The Hall–Kier alpha value is -1.80. The first-order valence-corrected chi connectivity index (χ1v) is 6.68. The fourth-order valence-electron chi connectivity index (χ4n) is 2.95. The fourth-order valence-corrected chi connectivity index (χ4v) is 2.95. The number of methoxy groups -OCH3 is 1. The maximum Gasteiger partial charge on any atom is 0.123 e. The van der Waals surface area contributed by atoms with E-state index in [2.05, 4.69) is 43.3 Å². The number of benzene rings is 2. The van der Waals surface area contributed by atoms with Crippen LogP contribution in [-0.4, -0.2) is 7.11 Å². The number of ether oxygens (including phenoxy) is 1. The third-order valence-corrected chi connectivity index (χ3v) is 4.07. The molecule has 2 aromatic rings. The van der Waals surface area contributed by atoms with Crippen LogP contribution in [0.3, 0.4) is 0 Å². The highest BCUT2D eigenvalue weighted by atomic mass is 16.5. The minimum absolute atomic E-state index is 0.00440. The van der Waals surface area contributed by atoms with Gasteiger partial charge in [-0.3, -0.25) is 0 Å². The van der Waals surface area contributed by atoms with Gasteiger partial charge in [0.2, 0.25) is 0 Å². The molecule has 0 radical (unpaired) electrons. The van der Waals surface area contributed by atoms with E-state index in [1.54, 1.807) is 7.11 Å². The summed E-state index contributed by atoms with van der Waals surface area (Å²) in [6.07, 6.45) is 1.06. The molecule has 0 bridgehead atoms. The molecule has 0 spiro atoms. The van der Waals surface area contributed by atoms with Crippen LogP contribution in [0.1, 0.15) is 34.2 Å². The van der Waals surface area contributed by atoms with Crippen molar-refractivity contribution in [2.75, 3.05) is 7.11 Å². The highest BCUT2D eigenvalue weighted by molar-refractivity contribution is 5.46. The summed E-state index contributed by atoms with van der Waals surface area (Å²) in [7, 11) is 1.70. The maximum absolute atomic E-state index is 6.48. The van der Waals surface area contributed by atoms with Crippen LogP contribution < -0.4 is 10.5 Å². The van der Waals surface area contributed by atoms with Crippen LogP contribution in [0.25, 0.3) is 0 Å². The van der Waals surface area contributed by atoms with Crippen LogP contribution in [0.5, 0.6) is 5.75 Å². The molecule has 1 aliphatic carbocycles. The van der Waals surface area contributed by atoms with Crippen LogP contribution in [-0.2, 0) is 6.42 Å². The summed E-state index contributed by atoms with van der Waals surface area (Å²) in [6, 6.07) is 14.8. The molecule has 0 aromatic heterocycles. The monoisotopic (exact) mass is 253 g/mol. The largest absolute Gasteiger partial charge is 0.496 e. The zero-order valence-corrected chi connectivity index (χ0v) is 11.4. The Bertz CT molecular complexity index is 606. The van der Waals surface area contributed by atoms with Crippen molar-refractivity contribution in [1.29, 1.82) is 0 Å². The molecule has 19 heavy (non-hydrogen) atoms. The van der Waals surface area contributed by atoms with Crippen molar-refractivity contribution >= 4 is 0 Å². The Morgan fingerprint density at radius 3 is 2.74 bits per heavy atom. The standard InChI is InChI=1S/C17H19NO/c1-11-7-8-16(19-2)15(9-11)17(18)14-10-12-5-3-4-6-13(12)14/h3-9,14,17H,10,18H2,1-2H3. The summed E-state index contributed by atoms with van der Waals surface area (Å²) in [5, 5.41) is 0. The average Bonchev–Trinajstić information content (AvgIpc) is 2.40. The molecular formula is C17H19NO. The van der Waals surface area contributed by atoms with E-state index >= 15 is 0 Å². The summed E-state index contributed by atoms with van der Waals surface area (Å²) in [5.41, 5.74) is 11.6. The highest BCUT2D eigenvalue weighted by Crippen LogP contribution is 2.44. The molecule has 0 heterocycles. The van der Waals surface area contributed by atoms with Crippen LogP contribution in [0, 0.1) is 6.92 Å². The van der Waals surface area contributed by atoms with Crippen molar-refractivity contribution in [2.45, 2.75) is 25.3 Å². The molecule has 2 N–H and O–H groups in total. The van der Waals surface area contributed by atoms with Gasteiger partial charge in [0.15, 0.2) is 0 Å². The molecule has 0 saturated carbocycles. The normalized spacial score (nSPS) is 18.4. The van der Waals surface area contributed by atoms with Crippen LogP contribution in [0.2, 0.25) is 0 Å². The van der Waals surface area contributed by atoms with E-state index in [0.717, 1.165) is 17.7 Å². The van der Waals surface area contributed by atoms with Crippen molar-refractivity contribution < 1.29 is 4.74 Å². The van der Waals surface area contributed by atoms with Gasteiger partial charge in [-0.05, 0) is 30.5 Å². The van der Waals surface area contributed by atoms with E-state index in [1.807, 2.05) is 6.07 Å². The summed E-state index contributed by atoms with van der Waals surface area (Å²) < 4.78 is 5.45. The molecular weight excluding hydrogens is 234 g/mol. The number of aryl methyl sites for hydroxylation is 1. The lowest BCUT2D eigenvalue weighted by Gasteiger charge is -2.35. The molecule has 0 saturated heterocycles. The number of rotatable bonds is 3. The van der Waals surface area contributed by atoms with Gasteiger partial charge in [0.05, 0.1) is 7.11 Å². The second-order valence-electron chi connectivity index (χ2n) is 5.28. The molecule has 0 fully saturated rings. The predicted octanol–water partition coefficient (Wildman–Crippen LogP) is 3.34.